The maximum Gasteiger partial charge on any atom is 0.269 e. The number of rotatable bonds is 7. The number of non-ortho nitro benzene ring substituents is 1. The van der Waals surface area contributed by atoms with E-state index in [2.05, 4.69) is 46.1 Å². The van der Waals surface area contributed by atoms with Gasteiger partial charge in [-0.25, -0.2) is 9.97 Å². The van der Waals surface area contributed by atoms with Gasteiger partial charge in [0.1, 0.15) is 5.03 Å². The number of aryl methyl sites for hydroxylation is 1. The summed E-state index contributed by atoms with van der Waals surface area (Å²) in [6, 6.07) is 15.1. The van der Waals surface area contributed by atoms with E-state index in [1.807, 2.05) is 12.5 Å². The number of aromatic nitrogens is 2. The van der Waals surface area contributed by atoms with Crippen molar-refractivity contribution in [1.29, 1.82) is 0 Å². The first-order valence-corrected chi connectivity index (χ1v) is 11.8. The molecule has 0 saturated heterocycles. The third-order valence-electron chi connectivity index (χ3n) is 5.16. The Balaban J connectivity index is 1.35. The summed E-state index contributed by atoms with van der Waals surface area (Å²) in [5.41, 5.74) is 4.58. The molecule has 8 heteroatoms. The zero-order chi connectivity index (χ0) is 21.1. The monoisotopic (exact) mass is 438 g/mol. The summed E-state index contributed by atoms with van der Waals surface area (Å²) in [7, 11) is 0. The van der Waals surface area contributed by atoms with Crippen molar-refractivity contribution in [2.24, 2.45) is 0 Å². The van der Waals surface area contributed by atoms with Crippen molar-refractivity contribution < 1.29 is 4.92 Å². The van der Waals surface area contributed by atoms with Crippen molar-refractivity contribution in [3.8, 4) is 11.1 Å². The number of benzene rings is 2. The van der Waals surface area contributed by atoms with Crippen LogP contribution in [0.5, 0.6) is 0 Å². The Morgan fingerprint density at radius 3 is 2.43 bits per heavy atom. The molecule has 3 aromatic rings. The largest absolute Gasteiger partial charge is 0.356 e. The van der Waals surface area contributed by atoms with E-state index < -0.39 is 0 Å². The fraction of sp³-hybridized carbons (Fsp3) is 0.273. The maximum absolute atomic E-state index is 10.8. The quantitative estimate of drug-likeness (QED) is 0.155. The summed E-state index contributed by atoms with van der Waals surface area (Å²) in [5, 5.41) is 13.1. The maximum atomic E-state index is 10.8. The third kappa shape index (κ3) is 4.44. The second-order valence-electron chi connectivity index (χ2n) is 7.06. The number of thioether (sulfide) groups is 2. The second kappa shape index (κ2) is 9.06. The standard InChI is InChI=1S/C22H22N4O2S2/c1-15-25(20-14-23-22(29-2)24-21(20)30-15)13-3-4-16-5-7-17(8-6-16)18-9-11-19(12-10-18)26(27)28/h5-12,14-15H,3-4,13H2,1-2H3. The Morgan fingerprint density at radius 2 is 1.80 bits per heavy atom. The SMILES string of the molecule is CSc1ncc2c(n1)SC(C)N2CCCc1ccc(-c2ccc([N+](=O)[O-])cc2)cc1. The van der Waals surface area contributed by atoms with Gasteiger partial charge in [-0.3, -0.25) is 10.1 Å². The van der Waals surface area contributed by atoms with Gasteiger partial charge in [0.25, 0.3) is 5.69 Å². The number of nitrogens with zero attached hydrogens (tertiary/aromatic N) is 4. The van der Waals surface area contributed by atoms with Gasteiger partial charge in [-0.15, -0.1) is 0 Å². The van der Waals surface area contributed by atoms with E-state index in [9.17, 15) is 10.1 Å². The Morgan fingerprint density at radius 1 is 1.13 bits per heavy atom. The van der Waals surface area contributed by atoms with Crippen LogP contribution in [0.3, 0.4) is 0 Å². The highest BCUT2D eigenvalue weighted by Gasteiger charge is 2.28. The second-order valence-corrected chi connectivity index (χ2v) is 9.14. The fourth-order valence-electron chi connectivity index (χ4n) is 3.54. The number of fused-ring (bicyclic) bond motifs is 1. The lowest BCUT2D eigenvalue weighted by molar-refractivity contribution is -0.384. The van der Waals surface area contributed by atoms with Crippen LogP contribution in [0.2, 0.25) is 0 Å². The van der Waals surface area contributed by atoms with Crippen LogP contribution in [0.4, 0.5) is 11.4 Å². The normalized spacial score (nSPS) is 15.3. The van der Waals surface area contributed by atoms with E-state index in [0.717, 1.165) is 46.4 Å². The molecule has 1 aromatic heterocycles. The molecule has 0 bridgehead atoms. The molecule has 1 aliphatic rings. The van der Waals surface area contributed by atoms with Gasteiger partial charge in [0.2, 0.25) is 0 Å². The van der Waals surface area contributed by atoms with Crippen LogP contribution in [-0.2, 0) is 6.42 Å². The van der Waals surface area contributed by atoms with E-state index in [1.54, 1.807) is 47.8 Å². The molecule has 6 nitrogen and oxygen atoms in total. The fourth-order valence-corrected chi connectivity index (χ4v) is 5.04. The number of anilines is 1. The Labute approximate surface area is 184 Å². The topological polar surface area (TPSA) is 72.2 Å². The molecule has 154 valence electrons. The molecule has 0 N–H and O–H groups in total. The van der Waals surface area contributed by atoms with E-state index in [4.69, 9.17) is 0 Å². The number of hydrogen-bond acceptors (Lipinski definition) is 7. The molecular weight excluding hydrogens is 416 g/mol. The van der Waals surface area contributed by atoms with Crippen LogP contribution < -0.4 is 4.90 Å². The molecule has 0 radical (unpaired) electrons. The van der Waals surface area contributed by atoms with Crippen molar-refractivity contribution >= 4 is 34.9 Å². The minimum atomic E-state index is -0.376. The first-order valence-electron chi connectivity index (χ1n) is 9.73. The first kappa shape index (κ1) is 20.7. The van der Waals surface area contributed by atoms with Gasteiger partial charge < -0.3 is 4.90 Å². The van der Waals surface area contributed by atoms with Crippen LogP contribution in [0.15, 0.2) is 64.9 Å². The van der Waals surface area contributed by atoms with Crippen molar-refractivity contribution in [2.75, 3.05) is 17.7 Å². The van der Waals surface area contributed by atoms with Crippen LogP contribution >= 0.6 is 23.5 Å². The van der Waals surface area contributed by atoms with Gasteiger partial charge >= 0.3 is 0 Å². The minimum absolute atomic E-state index is 0.112. The molecule has 1 atom stereocenters. The van der Waals surface area contributed by atoms with Crippen molar-refractivity contribution in [1.82, 2.24) is 9.97 Å². The molecule has 0 amide bonds. The molecule has 1 aliphatic heterocycles. The van der Waals surface area contributed by atoms with Gasteiger partial charge in [0, 0.05) is 18.7 Å². The first-order chi connectivity index (χ1) is 14.5. The number of hydrogen-bond donors (Lipinski definition) is 0. The van der Waals surface area contributed by atoms with Crippen molar-refractivity contribution in [3.05, 3.63) is 70.4 Å². The smallest absolute Gasteiger partial charge is 0.269 e. The Hall–Kier alpha value is -2.58. The molecule has 1 unspecified atom stereocenters. The molecule has 0 fully saturated rings. The molecule has 30 heavy (non-hydrogen) atoms. The molecule has 0 spiro atoms. The Kier molecular flexibility index (Phi) is 6.24. The lowest BCUT2D eigenvalue weighted by Gasteiger charge is -2.23. The summed E-state index contributed by atoms with van der Waals surface area (Å²) >= 11 is 3.37. The molecule has 2 aromatic carbocycles. The predicted molar refractivity (Wildman–Crippen MR) is 123 cm³/mol. The van der Waals surface area contributed by atoms with Crippen molar-refractivity contribution in [3.63, 3.8) is 0 Å². The molecule has 4 rings (SSSR count). The molecule has 2 heterocycles. The lowest BCUT2D eigenvalue weighted by Crippen LogP contribution is -2.28. The lowest BCUT2D eigenvalue weighted by atomic mass is 10.0. The average molecular weight is 439 g/mol. The van der Waals surface area contributed by atoms with E-state index in [1.165, 1.54) is 5.56 Å². The summed E-state index contributed by atoms with van der Waals surface area (Å²) in [6.45, 7) is 3.18. The number of nitro benzene ring substituents is 1. The highest BCUT2D eigenvalue weighted by atomic mass is 32.2. The molecule has 0 saturated carbocycles. The zero-order valence-electron chi connectivity index (χ0n) is 16.8. The average Bonchev–Trinajstić information content (AvgIpc) is 3.08. The predicted octanol–water partition coefficient (Wildman–Crippen LogP) is 5.66. The minimum Gasteiger partial charge on any atom is -0.356 e. The van der Waals surface area contributed by atoms with E-state index >= 15 is 0 Å². The van der Waals surface area contributed by atoms with Crippen LogP contribution in [0.1, 0.15) is 18.9 Å². The van der Waals surface area contributed by atoms with Crippen LogP contribution in [-0.4, -0.2) is 33.1 Å². The Bertz CT molecular complexity index is 1040. The zero-order valence-corrected chi connectivity index (χ0v) is 18.4. The molecule has 0 aliphatic carbocycles. The van der Waals surface area contributed by atoms with Gasteiger partial charge in [-0.05, 0) is 54.8 Å². The highest BCUT2D eigenvalue weighted by Crippen LogP contribution is 2.42. The van der Waals surface area contributed by atoms with E-state index in [0.29, 0.717) is 5.37 Å². The third-order valence-corrected chi connectivity index (χ3v) is 6.84. The summed E-state index contributed by atoms with van der Waals surface area (Å²) in [5.74, 6) is 0. The van der Waals surface area contributed by atoms with Crippen LogP contribution in [0, 0.1) is 10.1 Å². The van der Waals surface area contributed by atoms with Gasteiger partial charge in [-0.1, -0.05) is 47.8 Å². The van der Waals surface area contributed by atoms with Crippen LogP contribution in [0.25, 0.3) is 11.1 Å². The van der Waals surface area contributed by atoms with Gasteiger partial charge in [-0.2, -0.15) is 0 Å². The molecular formula is C22H22N4O2S2. The van der Waals surface area contributed by atoms with Gasteiger partial charge in [0.05, 0.1) is 22.2 Å². The summed E-state index contributed by atoms with van der Waals surface area (Å²) in [6.07, 6.45) is 5.98. The highest BCUT2D eigenvalue weighted by molar-refractivity contribution is 8.00. The number of nitro groups is 1. The van der Waals surface area contributed by atoms with Gasteiger partial charge in [0.15, 0.2) is 5.16 Å². The summed E-state index contributed by atoms with van der Waals surface area (Å²) < 4.78 is 0. The van der Waals surface area contributed by atoms with Crippen molar-refractivity contribution in [2.45, 2.75) is 35.3 Å². The summed E-state index contributed by atoms with van der Waals surface area (Å²) in [4.78, 5) is 21.9. The van der Waals surface area contributed by atoms with E-state index in [-0.39, 0.29) is 10.6 Å².